The molecule has 0 spiro atoms. The van der Waals surface area contributed by atoms with E-state index in [0.717, 1.165) is 6.42 Å². The molecule has 0 amide bonds. The van der Waals surface area contributed by atoms with Crippen molar-refractivity contribution in [3.63, 3.8) is 0 Å². The second kappa shape index (κ2) is 4.36. The fourth-order valence-corrected chi connectivity index (χ4v) is 0.239. The summed E-state index contributed by atoms with van der Waals surface area (Å²) in [5.74, 6) is 0. The van der Waals surface area contributed by atoms with Crippen molar-refractivity contribution in [2.75, 3.05) is 0 Å². The summed E-state index contributed by atoms with van der Waals surface area (Å²) in [5, 5.41) is 0. The van der Waals surface area contributed by atoms with E-state index in [4.69, 9.17) is 0 Å². The van der Waals surface area contributed by atoms with Crippen LogP contribution in [0.2, 0.25) is 0 Å². The van der Waals surface area contributed by atoms with Gasteiger partial charge in [0.25, 0.3) is 0 Å². The molecule has 0 aromatic rings. The molecule has 0 bridgehead atoms. The number of hydrogen-bond acceptors (Lipinski definition) is 2. The lowest BCUT2D eigenvalue weighted by atomic mass is 10.5. The maximum atomic E-state index is 9.42. The van der Waals surface area contributed by atoms with Gasteiger partial charge in [0.05, 0.1) is 0 Å². The Kier molecular flexibility index (Phi) is 4.49. The molecule has 0 heterocycles. The van der Waals surface area contributed by atoms with E-state index in [0.29, 0.717) is 0 Å². The molecule has 2 nitrogen and oxygen atoms in total. The van der Waals surface area contributed by atoms with Crippen molar-refractivity contribution in [2.45, 2.75) is 17.5 Å². The minimum Gasteiger partial charge on any atom is -0.443 e. The zero-order valence-corrected chi connectivity index (χ0v) is 6.14. The van der Waals surface area contributed by atoms with Gasteiger partial charge in [-0.25, -0.2) is 4.79 Å². The molecule has 0 aliphatic heterocycles. The number of ether oxygens (including phenoxy) is 1. The summed E-state index contributed by atoms with van der Waals surface area (Å²) in [5.41, 5.74) is 0. The molecule has 0 N–H and O–H groups in total. The Balaban J connectivity index is 2.98. The molecule has 0 aromatic heterocycles. The minimum absolute atomic E-state index is 0.00454. The van der Waals surface area contributed by atoms with Crippen molar-refractivity contribution in [1.29, 1.82) is 0 Å². The SMILES string of the molecule is CCC(I)O[C]=O. The zero-order valence-electron chi connectivity index (χ0n) is 3.98. The van der Waals surface area contributed by atoms with Gasteiger partial charge in [-0.1, -0.05) is 6.92 Å². The molecule has 0 fully saturated rings. The van der Waals surface area contributed by atoms with E-state index in [1.807, 2.05) is 29.5 Å². The summed E-state index contributed by atoms with van der Waals surface area (Å²) >= 11 is 2.02. The van der Waals surface area contributed by atoms with E-state index >= 15 is 0 Å². The van der Waals surface area contributed by atoms with Crippen LogP contribution < -0.4 is 0 Å². The second-order valence-corrected chi connectivity index (χ2v) is 2.41. The highest BCUT2D eigenvalue weighted by atomic mass is 127. The van der Waals surface area contributed by atoms with E-state index in [1.54, 1.807) is 0 Å². The van der Waals surface area contributed by atoms with E-state index in [2.05, 4.69) is 4.74 Å². The van der Waals surface area contributed by atoms with Gasteiger partial charge in [-0.15, -0.1) is 0 Å². The molecule has 1 atom stereocenters. The van der Waals surface area contributed by atoms with Gasteiger partial charge in [-0.2, -0.15) is 0 Å². The van der Waals surface area contributed by atoms with Gasteiger partial charge in [0.1, 0.15) is 0 Å². The first kappa shape index (κ1) is 7.20. The Labute approximate surface area is 56.4 Å². The number of carbonyl (C=O) groups excluding carboxylic acids is 1. The van der Waals surface area contributed by atoms with Gasteiger partial charge < -0.3 is 4.74 Å². The molecule has 3 heteroatoms. The van der Waals surface area contributed by atoms with Crippen LogP contribution in [-0.2, 0) is 9.53 Å². The predicted molar refractivity (Wildman–Crippen MR) is 34.9 cm³/mol. The summed E-state index contributed by atoms with van der Waals surface area (Å²) in [4.78, 5) is 9.42. The third-order valence-corrected chi connectivity index (χ3v) is 1.63. The van der Waals surface area contributed by atoms with Crippen LogP contribution in [0, 0.1) is 0 Å². The van der Waals surface area contributed by atoms with Crippen LogP contribution in [0.15, 0.2) is 0 Å². The van der Waals surface area contributed by atoms with Gasteiger partial charge in [-0.05, 0) is 29.0 Å². The maximum absolute atomic E-state index is 9.42. The van der Waals surface area contributed by atoms with Crippen LogP contribution in [0.4, 0.5) is 0 Å². The van der Waals surface area contributed by atoms with Gasteiger partial charge in [-0.3, -0.25) is 0 Å². The first-order valence-corrected chi connectivity index (χ1v) is 3.22. The minimum atomic E-state index is -0.00454. The highest BCUT2D eigenvalue weighted by molar-refractivity contribution is 14.1. The Morgan fingerprint density at radius 2 is 2.57 bits per heavy atom. The summed E-state index contributed by atoms with van der Waals surface area (Å²) in [7, 11) is 0. The van der Waals surface area contributed by atoms with Crippen LogP contribution >= 0.6 is 22.6 Å². The first-order chi connectivity index (χ1) is 3.31. The van der Waals surface area contributed by atoms with Crippen LogP contribution in [0.1, 0.15) is 13.3 Å². The standard InChI is InChI=1S/C4H6IO2/c1-2-4(5)7-3-6/h4H,2H2,1H3. The molecule has 0 aliphatic rings. The summed E-state index contributed by atoms with van der Waals surface area (Å²) in [6, 6.07) is 0. The molecule has 1 unspecified atom stereocenters. The van der Waals surface area contributed by atoms with E-state index < -0.39 is 0 Å². The molecule has 7 heavy (non-hydrogen) atoms. The third-order valence-electron chi connectivity index (χ3n) is 0.497. The Hall–Kier alpha value is 0.200. The van der Waals surface area contributed by atoms with Crippen molar-refractivity contribution in [3.8, 4) is 0 Å². The first-order valence-electron chi connectivity index (χ1n) is 1.98. The van der Waals surface area contributed by atoms with Crippen LogP contribution in [0.25, 0.3) is 0 Å². The Morgan fingerprint density at radius 1 is 2.00 bits per heavy atom. The lowest BCUT2D eigenvalue weighted by molar-refractivity contribution is 0.262. The van der Waals surface area contributed by atoms with Crippen molar-refractivity contribution < 1.29 is 9.53 Å². The Bertz CT molecular complexity index is 55.7. The van der Waals surface area contributed by atoms with Crippen molar-refractivity contribution >= 4 is 29.1 Å². The van der Waals surface area contributed by atoms with Crippen molar-refractivity contribution in [1.82, 2.24) is 0 Å². The average molecular weight is 213 g/mol. The van der Waals surface area contributed by atoms with Crippen molar-refractivity contribution in [3.05, 3.63) is 0 Å². The summed E-state index contributed by atoms with van der Waals surface area (Å²) < 4.78 is 4.37. The topological polar surface area (TPSA) is 26.3 Å². The highest BCUT2D eigenvalue weighted by Gasteiger charge is 1.95. The second-order valence-electron chi connectivity index (χ2n) is 1.02. The summed E-state index contributed by atoms with van der Waals surface area (Å²) in [6.45, 7) is 3.30. The number of rotatable bonds is 3. The van der Waals surface area contributed by atoms with E-state index in [1.165, 1.54) is 6.47 Å². The largest absolute Gasteiger partial charge is 0.443 e. The smallest absolute Gasteiger partial charge is 0.418 e. The lowest BCUT2D eigenvalue weighted by Gasteiger charge is -1.98. The number of halogens is 1. The quantitative estimate of drug-likeness (QED) is 0.520. The van der Waals surface area contributed by atoms with Crippen LogP contribution in [-0.4, -0.2) is 10.6 Å². The predicted octanol–water partition coefficient (Wildman–Crippen LogP) is 1.24. The molecule has 1 radical (unpaired) electrons. The number of alkyl halides is 1. The number of hydrogen-bond donors (Lipinski definition) is 0. The van der Waals surface area contributed by atoms with Gasteiger partial charge in [0.15, 0.2) is 4.11 Å². The molecular formula is C4H6IO2. The molecule has 0 aliphatic carbocycles. The van der Waals surface area contributed by atoms with Gasteiger partial charge in [0, 0.05) is 0 Å². The van der Waals surface area contributed by atoms with E-state index in [9.17, 15) is 4.79 Å². The summed E-state index contributed by atoms with van der Waals surface area (Å²) in [6.07, 6.45) is 0.843. The van der Waals surface area contributed by atoms with E-state index in [-0.39, 0.29) is 4.11 Å². The normalized spacial score (nSPS) is 12.9. The zero-order chi connectivity index (χ0) is 5.70. The van der Waals surface area contributed by atoms with Gasteiger partial charge >= 0.3 is 6.47 Å². The molecule has 0 saturated heterocycles. The van der Waals surface area contributed by atoms with Crippen LogP contribution in [0.3, 0.4) is 0 Å². The lowest BCUT2D eigenvalue weighted by Crippen LogP contribution is -1.98. The molecule has 0 rings (SSSR count). The highest BCUT2D eigenvalue weighted by Crippen LogP contribution is 2.03. The molecular weight excluding hydrogens is 207 g/mol. The molecule has 0 saturated carbocycles. The Morgan fingerprint density at radius 3 is 2.71 bits per heavy atom. The van der Waals surface area contributed by atoms with Crippen LogP contribution in [0.5, 0.6) is 0 Å². The fourth-order valence-electron chi connectivity index (χ4n) is 0.136. The average Bonchev–Trinajstić information content (AvgIpc) is 1.68. The molecule has 0 aromatic carbocycles. The monoisotopic (exact) mass is 213 g/mol. The molecule has 41 valence electrons. The van der Waals surface area contributed by atoms with Crippen molar-refractivity contribution in [2.24, 2.45) is 0 Å². The maximum Gasteiger partial charge on any atom is 0.418 e. The van der Waals surface area contributed by atoms with Gasteiger partial charge in [0.2, 0.25) is 0 Å². The fraction of sp³-hybridized carbons (Fsp3) is 0.750. The third kappa shape index (κ3) is 4.04.